The van der Waals surface area contributed by atoms with Crippen LogP contribution >= 0.6 is 0 Å². The third kappa shape index (κ3) is 4.11. The second-order valence-electron chi connectivity index (χ2n) is 7.50. The highest BCUT2D eigenvalue weighted by molar-refractivity contribution is 5.77. The number of rotatable bonds is 6. The zero-order valence-corrected chi connectivity index (χ0v) is 15.3. The Balaban J connectivity index is 1.64. The molecule has 2 aliphatic rings. The molecule has 1 aromatic rings. The van der Waals surface area contributed by atoms with Gasteiger partial charge >= 0.3 is 0 Å². The van der Waals surface area contributed by atoms with Gasteiger partial charge in [0, 0.05) is 51.0 Å². The molecule has 1 spiro atoms. The molecule has 3 heterocycles. The summed E-state index contributed by atoms with van der Waals surface area (Å²) in [6.07, 6.45) is 10.2. The van der Waals surface area contributed by atoms with E-state index in [1.165, 1.54) is 5.56 Å². The first-order chi connectivity index (χ1) is 12.2. The molecule has 2 aliphatic heterocycles. The van der Waals surface area contributed by atoms with Crippen LogP contribution in [0.3, 0.4) is 0 Å². The molecule has 6 nitrogen and oxygen atoms in total. The Morgan fingerprint density at radius 2 is 2.08 bits per heavy atom. The van der Waals surface area contributed by atoms with E-state index >= 15 is 0 Å². The van der Waals surface area contributed by atoms with Crippen molar-refractivity contribution >= 4 is 11.7 Å². The summed E-state index contributed by atoms with van der Waals surface area (Å²) in [6, 6.07) is 0. The maximum Gasteiger partial charge on any atom is 0.222 e. The van der Waals surface area contributed by atoms with E-state index in [0.29, 0.717) is 19.4 Å². The van der Waals surface area contributed by atoms with Crippen molar-refractivity contribution in [3.05, 3.63) is 18.1 Å². The van der Waals surface area contributed by atoms with Crippen LogP contribution in [-0.4, -0.2) is 58.7 Å². The molecule has 0 radical (unpaired) electrons. The molecule has 6 heteroatoms. The Bertz CT molecular complexity index is 585. The summed E-state index contributed by atoms with van der Waals surface area (Å²) in [5.41, 5.74) is 1.49. The van der Waals surface area contributed by atoms with E-state index in [1.807, 2.05) is 11.1 Å². The van der Waals surface area contributed by atoms with Gasteiger partial charge in [-0.05, 0) is 37.5 Å². The Kier molecular flexibility index (Phi) is 5.89. The summed E-state index contributed by atoms with van der Waals surface area (Å²) >= 11 is 0. The van der Waals surface area contributed by atoms with E-state index in [4.69, 9.17) is 5.11 Å². The molecular formula is C19H30N4O2. The Hall–Kier alpha value is -1.69. The molecule has 0 aliphatic carbocycles. The molecule has 0 bridgehead atoms. The zero-order chi connectivity index (χ0) is 17.7. The lowest BCUT2D eigenvalue weighted by atomic mass is 9.72. The van der Waals surface area contributed by atoms with Gasteiger partial charge in [-0.25, -0.2) is 9.97 Å². The number of nitrogens with zero attached hydrogens (tertiary/aromatic N) is 4. The second kappa shape index (κ2) is 8.13. The van der Waals surface area contributed by atoms with Crippen molar-refractivity contribution in [3.63, 3.8) is 0 Å². The van der Waals surface area contributed by atoms with Gasteiger partial charge in [0.25, 0.3) is 0 Å². The molecule has 25 heavy (non-hydrogen) atoms. The van der Waals surface area contributed by atoms with Crippen LogP contribution < -0.4 is 4.90 Å². The zero-order valence-electron chi connectivity index (χ0n) is 15.3. The number of anilines is 1. The highest BCUT2D eigenvalue weighted by atomic mass is 16.3. The lowest BCUT2D eigenvalue weighted by Crippen LogP contribution is -2.52. The Morgan fingerprint density at radius 3 is 2.80 bits per heavy atom. The van der Waals surface area contributed by atoms with Crippen molar-refractivity contribution in [3.8, 4) is 0 Å². The van der Waals surface area contributed by atoms with Crippen molar-refractivity contribution in [2.45, 2.75) is 51.9 Å². The first kappa shape index (κ1) is 18.1. The van der Waals surface area contributed by atoms with Crippen molar-refractivity contribution in [2.24, 2.45) is 5.41 Å². The van der Waals surface area contributed by atoms with Crippen LogP contribution in [0.15, 0.2) is 12.5 Å². The molecule has 0 saturated carbocycles. The molecule has 0 aromatic carbocycles. The summed E-state index contributed by atoms with van der Waals surface area (Å²) in [5, 5.41) is 9.06. The van der Waals surface area contributed by atoms with Crippen LogP contribution in [0.1, 0.15) is 51.0 Å². The lowest BCUT2D eigenvalue weighted by molar-refractivity contribution is -0.138. The van der Waals surface area contributed by atoms with E-state index in [-0.39, 0.29) is 17.9 Å². The van der Waals surface area contributed by atoms with E-state index in [0.717, 1.165) is 57.6 Å². The number of aliphatic hydroxyl groups is 1. The van der Waals surface area contributed by atoms with E-state index in [2.05, 4.69) is 21.8 Å². The predicted octanol–water partition coefficient (Wildman–Crippen LogP) is 2.02. The van der Waals surface area contributed by atoms with Gasteiger partial charge in [0.1, 0.15) is 12.1 Å². The summed E-state index contributed by atoms with van der Waals surface area (Å²) in [6.45, 7) is 5.87. The fourth-order valence-corrected chi connectivity index (χ4v) is 4.25. The standard InChI is InChI=1S/C19H30N4O2/c1-2-4-16-13-20-15-21-18(16)22-10-7-19(8-11-22)6-5-17(25)23(14-19)9-3-12-24/h13,15,24H,2-12,14H2,1H3. The van der Waals surface area contributed by atoms with Crippen molar-refractivity contribution < 1.29 is 9.90 Å². The SMILES string of the molecule is CCCc1cncnc1N1CCC2(CCC(=O)N(CCCO)C2)CC1. The molecule has 1 N–H and O–H groups in total. The summed E-state index contributed by atoms with van der Waals surface area (Å²) in [7, 11) is 0. The van der Waals surface area contributed by atoms with Crippen LogP contribution in [0.25, 0.3) is 0 Å². The molecule has 0 unspecified atom stereocenters. The van der Waals surface area contributed by atoms with E-state index in [1.54, 1.807) is 6.33 Å². The number of carbonyl (C=O) groups is 1. The van der Waals surface area contributed by atoms with Gasteiger partial charge in [-0.3, -0.25) is 4.79 Å². The molecule has 2 fully saturated rings. The molecular weight excluding hydrogens is 316 g/mol. The monoisotopic (exact) mass is 346 g/mol. The highest BCUT2D eigenvalue weighted by Crippen LogP contribution is 2.41. The Morgan fingerprint density at radius 1 is 1.28 bits per heavy atom. The molecule has 2 saturated heterocycles. The number of hydrogen-bond donors (Lipinski definition) is 1. The van der Waals surface area contributed by atoms with Gasteiger partial charge < -0.3 is 14.9 Å². The molecule has 3 rings (SSSR count). The number of amides is 1. The average Bonchev–Trinajstić information content (AvgIpc) is 2.64. The molecule has 1 aromatic heterocycles. The number of aryl methyl sites for hydroxylation is 1. The number of likely N-dealkylation sites (tertiary alicyclic amines) is 1. The number of piperidine rings is 2. The largest absolute Gasteiger partial charge is 0.396 e. The van der Waals surface area contributed by atoms with Gasteiger partial charge in [-0.1, -0.05) is 13.3 Å². The maximum atomic E-state index is 12.1. The summed E-state index contributed by atoms with van der Waals surface area (Å²) in [5.74, 6) is 1.35. The summed E-state index contributed by atoms with van der Waals surface area (Å²) < 4.78 is 0. The third-order valence-electron chi connectivity index (χ3n) is 5.74. The minimum absolute atomic E-state index is 0.151. The second-order valence-corrected chi connectivity index (χ2v) is 7.50. The fourth-order valence-electron chi connectivity index (χ4n) is 4.25. The first-order valence-electron chi connectivity index (χ1n) is 9.60. The van der Waals surface area contributed by atoms with Gasteiger partial charge in [-0.2, -0.15) is 0 Å². The number of hydrogen-bond acceptors (Lipinski definition) is 5. The quantitative estimate of drug-likeness (QED) is 0.853. The van der Waals surface area contributed by atoms with Gasteiger partial charge in [0.15, 0.2) is 0 Å². The Labute approximate surface area is 150 Å². The minimum atomic E-state index is 0.151. The minimum Gasteiger partial charge on any atom is -0.396 e. The number of aliphatic hydroxyl groups excluding tert-OH is 1. The smallest absolute Gasteiger partial charge is 0.222 e. The van der Waals surface area contributed by atoms with Crippen LogP contribution in [0, 0.1) is 5.41 Å². The van der Waals surface area contributed by atoms with Gasteiger partial charge in [-0.15, -0.1) is 0 Å². The van der Waals surface area contributed by atoms with Crippen LogP contribution in [0.5, 0.6) is 0 Å². The third-order valence-corrected chi connectivity index (χ3v) is 5.74. The highest BCUT2D eigenvalue weighted by Gasteiger charge is 2.41. The van der Waals surface area contributed by atoms with Gasteiger partial charge in [0.05, 0.1) is 0 Å². The molecule has 0 atom stereocenters. The summed E-state index contributed by atoms with van der Waals surface area (Å²) in [4.78, 5) is 25.2. The van der Waals surface area contributed by atoms with Crippen molar-refractivity contribution in [1.29, 1.82) is 0 Å². The molecule has 1 amide bonds. The maximum absolute atomic E-state index is 12.1. The normalized spacial score (nSPS) is 20.3. The van der Waals surface area contributed by atoms with Gasteiger partial charge in [0.2, 0.25) is 5.91 Å². The first-order valence-corrected chi connectivity index (χ1v) is 9.60. The average molecular weight is 346 g/mol. The van der Waals surface area contributed by atoms with E-state index < -0.39 is 0 Å². The van der Waals surface area contributed by atoms with Crippen molar-refractivity contribution in [2.75, 3.05) is 37.7 Å². The van der Waals surface area contributed by atoms with Crippen molar-refractivity contribution in [1.82, 2.24) is 14.9 Å². The van der Waals surface area contributed by atoms with Crippen LogP contribution in [-0.2, 0) is 11.2 Å². The number of carbonyl (C=O) groups excluding carboxylic acids is 1. The van der Waals surface area contributed by atoms with Crippen LogP contribution in [0.4, 0.5) is 5.82 Å². The predicted molar refractivity (Wildman–Crippen MR) is 97.4 cm³/mol. The topological polar surface area (TPSA) is 69.6 Å². The van der Waals surface area contributed by atoms with E-state index in [9.17, 15) is 4.79 Å². The lowest BCUT2D eigenvalue weighted by Gasteiger charge is -2.48. The van der Waals surface area contributed by atoms with Crippen LogP contribution in [0.2, 0.25) is 0 Å². The number of aromatic nitrogens is 2. The molecule has 138 valence electrons. The fraction of sp³-hybridized carbons (Fsp3) is 0.737.